The Hall–Kier alpha value is -2.73. The van der Waals surface area contributed by atoms with Crippen LogP contribution in [-0.2, 0) is 11.2 Å². The molecule has 4 rings (SSSR count). The van der Waals surface area contributed by atoms with E-state index in [2.05, 4.69) is 81.4 Å². The molecule has 6 heteroatoms. The third kappa shape index (κ3) is 4.45. The van der Waals surface area contributed by atoms with Crippen molar-refractivity contribution >= 4 is 33.3 Å². The van der Waals surface area contributed by atoms with E-state index in [1.807, 2.05) is 0 Å². The Balaban J connectivity index is 2.14. The maximum atomic E-state index is 14.5. The zero-order valence-electron chi connectivity index (χ0n) is 22.4. The maximum absolute atomic E-state index is 14.5. The third-order valence-corrected chi connectivity index (χ3v) is 9.54. The van der Waals surface area contributed by atoms with Gasteiger partial charge in [0, 0.05) is 16.9 Å². The fraction of sp³-hybridized carbons (Fsp3) is 0.433. The molecule has 2 aromatic rings. The van der Waals surface area contributed by atoms with E-state index in [1.165, 1.54) is 6.20 Å². The van der Waals surface area contributed by atoms with Gasteiger partial charge in [-0.25, -0.2) is 4.39 Å². The van der Waals surface area contributed by atoms with Gasteiger partial charge in [-0.3, -0.25) is 9.78 Å². The van der Waals surface area contributed by atoms with Crippen molar-refractivity contribution in [3.8, 4) is 11.3 Å². The van der Waals surface area contributed by atoms with Crippen LogP contribution in [0.4, 0.5) is 10.1 Å². The third-order valence-electron chi connectivity index (χ3n) is 7.47. The summed E-state index contributed by atoms with van der Waals surface area (Å²) in [5.74, 6) is -0.252. The van der Waals surface area contributed by atoms with Gasteiger partial charge in [0.15, 0.2) is 0 Å². The summed E-state index contributed by atoms with van der Waals surface area (Å²) in [4.78, 5) is 16.8. The number of hydrogen-bond acceptors (Lipinski definition) is 3. The summed E-state index contributed by atoms with van der Waals surface area (Å²) < 4.78 is 17.0. The normalized spacial score (nSPS) is 19.1. The minimum atomic E-state index is -0.842. The Kier molecular flexibility index (Phi) is 7.29. The molecule has 1 aliphatic carbocycles. The number of pyridine rings is 1. The number of carbonyl (C=O) groups is 1. The van der Waals surface area contributed by atoms with Crippen molar-refractivity contribution in [2.24, 2.45) is 5.41 Å². The highest BCUT2D eigenvalue weighted by atomic mass is 32.2. The van der Waals surface area contributed by atoms with Gasteiger partial charge in [0.05, 0.1) is 30.0 Å². The highest BCUT2D eigenvalue weighted by molar-refractivity contribution is 8.16. The SMILES string of the molecule is C/C=S(/CC)N1c2c(C)c(CC(=O)O)c(C3=CCC(C)(C)C=C3)c(C)c2-c2ncc(F)cc2[C@@H]1CC. The number of carboxylic acids is 1. The number of aromatic nitrogens is 1. The minimum absolute atomic E-state index is 0.0357. The molecule has 1 unspecified atom stereocenters. The summed E-state index contributed by atoms with van der Waals surface area (Å²) in [6, 6.07) is 1.60. The van der Waals surface area contributed by atoms with E-state index in [-0.39, 0.29) is 34.4 Å². The maximum Gasteiger partial charge on any atom is 0.307 e. The van der Waals surface area contributed by atoms with Crippen LogP contribution in [0, 0.1) is 25.1 Å². The van der Waals surface area contributed by atoms with Gasteiger partial charge in [-0.05, 0) is 78.3 Å². The fourth-order valence-electron chi connectivity index (χ4n) is 5.67. The highest BCUT2D eigenvalue weighted by Crippen LogP contribution is 2.55. The molecule has 0 fully saturated rings. The number of halogens is 1. The lowest BCUT2D eigenvalue weighted by molar-refractivity contribution is -0.136. The van der Waals surface area contributed by atoms with Crippen molar-refractivity contribution in [1.29, 1.82) is 0 Å². The summed E-state index contributed by atoms with van der Waals surface area (Å²) in [6.07, 6.45) is 9.51. The Bertz CT molecular complexity index is 1320. The molecule has 0 bridgehead atoms. The Morgan fingerprint density at radius 2 is 2.00 bits per heavy atom. The van der Waals surface area contributed by atoms with Gasteiger partial charge < -0.3 is 9.41 Å². The Morgan fingerprint density at radius 1 is 1.28 bits per heavy atom. The summed E-state index contributed by atoms with van der Waals surface area (Å²) in [6.45, 7) is 14.9. The lowest BCUT2D eigenvalue weighted by atomic mass is 9.77. The minimum Gasteiger partial charge on any atom is -0.481 e. The van der Waals surface area contributed by atoms with Crippen LogP contribution in [0.1, 0.15) is 81.3 Å². The first-order valence-corrected chi connectivity index (χ1v) is 14.2. The lowest BCUT2D eigenvalue weighted by Gasteiger charge is -2.43. The van der Waals surface area contributed by atoms with E-state index in [4.69, 9.17) is 0 Å². The number of hydrogen-bond donors (Lipinski definition) is 1. The van der Waals surface area contributed by atoms with E-state index in [9.17, 15) is 14.3 Å². The van der Waals surface area contributed by atoms with Crippen LogP contribution >= 0.6 is 10.7 Å². The number of carboxylic acid groups (broad SMARTS) is 1. The van der Waals surface area contributed by atoms with E-state index >= 15 is 0 Å². The lowest BCUT2D eigenvalue weighted by Crippen LogP contribution is -2.31. The molecule has 1 N–H and O–H groups in total. The van der Waals surface area contributed by atoms with Crippen molar-refractivity contribution in [3.05, 3.63) is 64.1 Å². The average Bonchev–Trinajstić information content (AvgIpc) is 2.82. The standard InChI is InChI=1S/C30H37FN2O2S/c1-8-24-23-15-21(31)17-32-28(23)27-19(5)26(20-11-13-30(6,7)14-12-20)22(16-25(34)35)18(4)29(27)33(24)36(9-2)10-3/h9,11-13,15,17,24H,8,10,14,16H2,1-7H3,(H,34,35)/t24-,36?/m0/s1. The van der Waals surface area contributed by atoms with Crippen molar-refractivity contribution in [2.75, 3.05) is 10.1 Å². The van der Waals surface area contributed by atoms with Crippen LogP contribution in [0.3, 0.4) is 0 Å². The molecule has 4 nitrogen and oxygen atoms in total. The monoisotopic (exact) mass is 508 g/mol. The number of benzene rings is 1. The first-order valence-electron chi connectivity index (χ1n) is 12.8. The zero-order chi connectivity index (χ0) is 26.4. The molecule has 0 amide bonds. The first-order chi connectivity index (χ1) is 17.0. The van der Waals surface area contributed by atoms with Crippen molar-refractivity contribution in [2.45, 2.75) is 73.8 Å². The predicted octanol–water partition coefficient (Wildman–Crippen LogP) is 7.80. The quantitative estimate of drug-likeness (QED) is 0.405. The number of allylic oxidation sites excluding steroid dienone is 4. The van der Waals surface area contributed by atoms with E-state index < -0.39 is 5.97 Å². The molecule has 0 spiro atoms. The second-order valence-electron chi connectivity index (χ2n) is 10.3. The molecule has 1 aliphatic heterocycles. The van der Waals surface area contributed by atoms with E-state index in [1.54, 1.807) is 6.07 Å². The molecule has 1 aromatic carbocycles. The molecule has 192 valence electrons. The summed E-state index contributed by atoms with van der Waals surface area (Å²) in [5, 5.41) is 12.2. The summed E-state index contributed by atoms with van der Waals surface area (Å²) in [7, 11) is -0.209. The fourth-order valence-corrected chi connectivity index (χ4v) is 7.56. The van der Waals surface area contributed by atoms with Gasteiger partial charge >= 0.3 is 5.97 Å². The van der Waals surface area contributed by atoms with Gasteiger partial charge in [0.2, 0.25) is 0 Å². The van der Waals surface area contributed by atoms with Crippen LogP contribution in [0.5, 0.6) is 0 Å². The second-order valence-corrected chi connectivity index (χ2v) is 12.6. The molecule has 2 atom stereocenters. The highest BCUT2D eigenvalue weighted by Gasteiger charge is 2.37. The van der Waals surface area contributed by atoms with Crippen LogP contribution in [0.2, 0.25) is 0 Å². The van der Waals surface area contributed by atoms with Crippen LogP contribution in [-0.4, -0.2) is 27.2 Å². The largest absolute Gasteiger partial charge is 0.481 e. The molecular formula is C30H37FN2O2S. The molecule has 36 heavy (non-hydrogen) atoms. The van der Waals surface area contributed by atoms with E-state index in [0.29, 0.717) is 0 Å². The number of anilines is 1. The Labute approximate surface area is 217 Å². The molecule has 0 saturated carbocycles. The van der Waals surface area contributed by atoms with E-state index in [0.717, 1.165) is 68.9 Å². The van der Waals surface area contributed by atoms with Crippen molar-refractivity contribution in [1.82, 2.24) is 4.98 Å². The summed E-state index contributed by atoms with van der Waals surface area (Å²) in [5.41, 5.74) is 8.72. The molecule has 2 heterocycles. The van der Waals surface area contributed by atoms with Gasteiger partial charge in [0.1, 0.15) is 5.82 Å². The van der Waals surface area contributed by atoms with Crippen molar-refractivity contribution in [3.63, 3.8) is 0 Å². The summed E-state index contributed by atoms with van der Waals surface area (Å²) >= 11 is 0. The smallest absolute Gasteiger partial charge is 0.307 e. The van der Waals surface area contributed by atoms with Gasteiger partial charge in [-0.2, -0.15) is 0 Å². The first kappa shape index (κ1) is 26.3. The molecule has 0 radical (unpaired) electrons. The topological polar surface area (TPSA) is 53.4 Å². The number of fused-ring (bicyclic) bond motifs is 3. The average molecular weight is 509 g/mol. The van der Waals surface area contributed by atoms with Crippen LogP contribution < -0.4 is 4.31 Å². The molecule has 1 aromatic heterocycles. The van der Waals surface area contributed by atoms with Gasteiger partial charge in [-0.1, -0.05) is 56.6 Å². The zero-order valence-corrected chi connectivity index (χ0v) is 23.2. The van der Waals surface area contributed by atoms with Crippen molar-refractivity contribution < 1.29 is 14.3 Å². The van der Waals surface area contributed by atoms with Gasteiger partial charge in [-0.15, -0.1) is 0 Å². The Morgan fingerprint density at radius 3 is 2.56 bits per heavy atom. The molecule has 2 aliphatic rings. The van der Waals surface area contributed by atoms with Crippen LogP contribution in [0.15, 0.2) is 30.5 Å². The predicted molar refractivity (Wildman–Crippen MR) is 151 cm³/mol. The number of nitrogens with zero attached hydrogens (tertiary/aromatic N) is 2. The van der Waals surface area contributed by atoms with Gasteiger partial charge in [0.25, 0.3) is 0 Å². The number of rotatable bonds is 6. The van der Waals surface area contributed by atoms with Crippen LogP contribution in [0.25, 0.3) is 16.8 Å². The molecule has 0 saturated heterocycles. The molecular weight excluding hydrogens is 471 g/mol. The number of aliphatic carboxylic acids is 1. The second kappa shape index (κ2) is 9.97.